The van der Waals surface area contributed by atoms with Gasteiger partial charge in [0, 0.05) is 33.2 Å². The third-order valence-corrected chi connectivity index (χ3v) is 2.28. The minimum Gasteiger partial charge on any atom is -0.383 e. The van der Waals surface area contributed by atoms with Crippen molar-refractivity contribution >= 4 is 11.4 Å². The molecule has 14 heavy (non-hydrogen) atoms. The fraction of sp³-hybridized carbons (Fsp3) is 0.182. The van der Waals surface area contributed by atoms with Crippen LogP contribution in [0.4, 0.5) is 5.69 Å². The van der Waals surface area contributed by atoms with Crippen molar-refractivity contribution < 1.29 is 20.4 Å². The van der Waals surface area contributed by atoms with Crippen LogP contribution in [0.5, 0.6) is 0 Å². The average Bonchev–Trinajstić information content (AvgIpc) is 2.15. The molecule has 0 unspecified atom stereocenters. The summed E-state index contributed by atoms with van der Waals surface area (Å²) in [4.78, 5) is 6.31. The predicted octanol–water partition coefficient (Wildman–Crippen LogP) is 2.21. The maximum atomic E-state index is 4.34. The molecule has 1 aliphatic rings. The zero-order valence-electron chi connectivity index (χ0n) is 8.21. The van der Waals surface area contributed by atoms with Crippen LogP contribution in [0.25, 0.3) is 0 Å². The summed E-state index contributed by atoms with van der Waals surface area (Å²) in [7, 11) is 1.96. The monoisotopic (exact) mass is 358 g/mol. The first kappa shape index (κ1) is 11.2. The molecule has 0 spiro atoms. The van der Waals surface area contributed by atoms with Crippen molar-refractivity contribution in [3.63, 3.8) is 0 Å². The van der Waals surface area contributed by atoms with Gasteiger partial charge in [0.1, 0.15) is 5.82 Å². The molecule has 1 radical (unpaired) electrons. The molecule has 0 aromatic heterocycles. The van der Waals surface area contributed by atoms with Gasteiger partial charge in [-0.3, -0.25) is 0 Å². The molecular weight excluding hydrogens is 346 g/mol. The summed E-state index contributed by atoms with van der Waals surface area (Å²) in [5.41, 5.74) is 3.31. The number of hydrogen-bond acceptors (Lipinski definition) is 2. The average molecular weight is 357 g/mol. The van der Waals surface area contributed by atoms with Gasteiger partial charge in [0.2, 0.25) is 0 Å². The van der Waals surface area contributed by atoms with Crippen molar-refractivity contribution in [2.45, 2.75) is 6.92 Å². The van der Waals surface area contributed by atoms with Gasteiger partial charge in [-0.05, 0) is 6.92 Å². The van der Waals surface area contributed by atoms with Gasteiger partial charge in [-0.2, -0.15) is 24.3 Å². The number of hydrogen-bond donors (Lipinski definition) is 0. The van der Waals surface area contributed by atoms with Crippen LogP contribution in [0.15, 0.2) is 35.6 Å². The first-order valence-electron chi connectivity index (χ1n) is 4.18. The molecule has 1 heterocycles. The van der Waals surface area contributed by atoms with Crippen molar-refractivity contribution in [2.24, 2.45) is 4.99 Å². The van der Waals surface area contributed by atoms with Gasteiger partial charge in [0.15, 0.2) is 0 Å². The summed E-state index contributed by atoms with van der Waals surface area (Å²) in [6.07, 6.45) is 0. The first-order valence-corrected chi connectivity index (χ1v) is 4.18. The molecule has 2 nitrogen and oxygen atoms in total. The number of anilines is 1. The van der Waals surface area contributed by atoms with E-state index in [1.165, 1.54) is 0 Å². The second-order valence-electron chi connectivity index (χ2n) is 3.12. The molecule has 0 amide bonds. The van der Waals surface area contributed by atoms with E-state index in [-0.39, 0.29) is 20.4 Å². The number of benzene rings is 1. The Morgan fingerprint density at radius 2 is 2.21 bits per heavy atom. The van der Waals surface area contributed by atoms with Crippen LogP contribution in [0.1, 0.15) is 12.5 Å². The molecule has 1 aromatic carbocycles. The van der Waals surface area contributed by atoms with Gasteiger partial charge >= 0.3 is 0 Å². The van der Waals surface area contributed by atoms with Gasteiger partial charge in [0.05, 0.1) is 0 Å². The summed E-state index contributed by atoms with van der Waals surface area (Å²) < 4.78 is 0. The summed E-state index contributed by atoms with van der Waals surface area (Å²) in [6, 6.07) is 8.94. The minimum atomic E-state index is 0. The second-order valence-corrected chi connectivity index (χ2v) is 3.12. The fourth-order valence-corrected chi connectivity index (χ4v) is 1.47. The van der Waals surface area contributed by atoms with Crippen LogP contribution in [-0.2, 0) is 20.4 Å². The molecule has 2 rings (SSSR count). The molecule has 73 valence electrons. The van der Waals surface area contributed by atoms with E-state index < -0.39 is 0 Å². The van der Waals surface area contributed by atoms with E-state index in [9.17, 15) is 0 Å². The van der Waals surface area contributed by atoms with Gasteiger partial charge in [-0.25, -0.2) is 4.99 Å². The van der Waals surface area contributed by atoms with Crippen LogP contribution in [0.2, 0.25) is 0 Å². The quantitative estimate of drug-likeness (QED) is 0.650. The molecule has 0 atom stereocenters. The Balaban J connectivity index is 0.000000980. The van der Waals surface area contributed by atoms with E-state index in [4.69, 9.17) is 0 Å². The summed E-state index contributed by atoms with van der Waals surface area (Å²) in [5, 5.41) is 0. The Kier molecular flexibility index (Phi) is 3.26. The van der Waals surface area contributed by atoms with Crippen LogP contribution < -0.4 is 4.90 Å². The Morgan fingerprint density at radius 1 is 1.50 bits per heavy atom. The standard InChI is InChI=1S/C11H11N2.Re/c1-8-10-6-4-5-7-11(10)13(3)9(2)12-8;/h4,6-7H,2H2,1,3H3;/q-1;. The van der Waals surface area contributed by atoms with E-state index >= 15 is 0 Å². The summed E-state index contributed by atoms with van der Waals surface area (Å²) >= 11 is 0. The van der Waals surface area contributed by atoms with Crippen molar-refractivity contribution in [3.05, 3.63) is 42.2 Å². The summed E-state index contributed by atoms with van der Waals surface area (Å²) in [5.74, 6) is 0.782. The van der Waals surface area contributed by atoms with Gasteiger partial charge in [-0.15, -0.1) is 0 Å². The van der Waals surface area contributed by atoms with E-state index in [1.54, 1.807) is 0 Å². The maximum absolute atomic E-state index is 4.34. The molecular formula is C11H11N2Re-. The number of nitrogens with zero attached hydrogens (tertiary/aromatic N) is 2. The van der Waals surface area contributed by atoms with Crippen LogP contribution in [-0.4, -0.2) is 12.8 Å². The number of aliphatic imine (C=N–C) groups is 1. The molecule has 0 aliphatic carbocycles. The molecule has 3 heteroatoms. The Labute approximate surface area is 98.0 Å². The SMILES string of the molecule is C=C1N=C(C)c2cc[c-]cc2N1C.[Re]. The minimum absolute atomic E-state index is 0. The van der Waals surface area contributed by atoms with Gasteiger partial charge < -0.3 is 4.90 Å². The predicted molar refractivity (Wildman–Crippen MR) is 55.0 cm³/mol. The zero-order chi connectivity index (χ0) is 9.42. The molecule has 1 aromatic rings. The Hall–Kier alpha value is -0.908. The van der Waals surface area contributed by atoms with Crippen molar-refractivity contribution in [2.75, 3.05) is 11.9 Å². The van der Waals surface area contributed by atoms with Crippen LogP contribution in [0.3, 0.4) is 0 Å². The molecule has 0 saturated carbocycles. The Bertz CT molecular complexity index is 396. The molecule has 1 aliphatic heterocycles. The maximum Gasteiger partial charge on any atom is 0.114 e. The molecule has 0 bridgehead atoms. The smallest absolute Gasteiger partial charge is 0.114 e. The topological polar surface area (TPSA) is 15.6 Å². The van der Waals surface area contributed by atoms with E-state index in [2.05, 4.69) is 17.6 Å². The van der Waals surface area contributed by atoms with E-state index in [0.717, 1.165) is 22.8 Å². The van der Waals surface area contributed by atoms with Crippen molar-refractivity contribution in [1.29, 1.82) is 0 Å². The van der Waals surface area contributed by atoms with Crippen LogP contribution >= 0.6 is 0 Å². The molecule has 0 fully saturated rings. The molecule has 0 N–H and O–H groups in total. The number of rotatable bonds is 0. The van der Waals surface area contributed by atoms with E-state index in [0.29, 0.717) is 0 Å². The first-order chi connectivity index (χ1) is 6.20. The normalized spacial score (nSPS) is 14.3. The Morgan fingerprint density at radius 3 is 2.93 bits per heavy atom. The van der Waals surface area contributed by atoms with Gasteiger partial charge in [-0.1, -0.05) is 17.8 Å². The third kappa shape index (κ3) is 1.66. The van der Waals surface area contributed by atoms with Crippen molar-refractivity contribution in [1.82, 2.24) is 0 Å². The molecule has 0 saturated heterocycles. The number of fused-ring (bicyclic) bond motifs is 1. The fourth-order valence-electron chi connectivity index (χ4n) is 1.47. The van der Waals surface area contributed by atoms with Gasteiger partial charge in [0.25, 0.3) is 0 Å². The van der Waals surface area contributed by atoms with Crippen LogP contribution in [0, 0.1) is 6.07 Å². The largest absolute Gasteiger partial charge is 0.383 e. The second kappa shape index (κ2) is 4.08. The summed E-state index contributed by atoms with van der Waals surface area (Å²) in [6.45, 7) is 5.87. The van der Waals surface area contributed by atoms with E-state index in [1.807, 2.05) is 37.1 Å². The van der Waals surface area contributed by atoms with Crippen molar-refractivity contribution in [3.8, 4) is 0 Å². The zero-order valence-corrected chi connectivity index (χ0v) is 10.9. The third-order valence-electron chi connectivity index (χ3n) is 2.28.